The van der Waals surface area contributed by atoms with Crippen LogP contribution in [0.25, 0.3) is 0 Å². The minimum Gasteiger partial charge on any atom is -0.506 e. The summed E-state index contributed by atoms with van der Waals surface area (Å²) >= 11 is 0. The molecule has 0 bridgehead atoms. The summed E-state index contributed by atoms with van der Waals surface area (Å²) < 4.78 is 5.90. The molecule has 3 rings (SSSR count). The lowest BCUT2D eigenvalue weighted by molar-refractivity contribution is 0.0664. The molecule has 5 heteroatoms. The number of ether oxygens (including phenoxy) is 1. The van der Waals surface area contributed by atoms with Crippen LogP contribution in [0.3, 0.4) is 0 Å². The van der Waals surface area contributed by atoms with Crippen LogP contribution in [0, 0.1) is 6.92 Å². The summed E-state index contributed by atoms with van der Waals surface area (Å²) in [7, 11) is 2.05. The van der Waals surface area contributed by atoms with Crippen molar-refractivity contribution in [2.75, 3.05) is 13.7 Å². The van der Waals surface area contributed by atoms with E-state index in [0.717, 1.165) is 24.3 Å². The van der Waals surface area contributed by atoms with E-state index < -0.39 is 0 Å². The molecule has 0 saturated carbocycles. The Labute approximate surface area is 130 Å². The van der Waals surface area contributed by atoms with Crippen LogP contribution >= 0.6 is 0 Å². The molecular formula is C17H21N3O2. The number of rotatable bonds is 4. The quantitative estimate of drug-likeness (QED) is 0.939. The van der Waals surface area contributed by atoms with Gasteiger partial charge in [0.05, 0.1) is 11.8 Å². The van der Waals surface area contributed by atoms with Crippen molar-refractivity contribution >= 4 is 0 Å². The largest absolute Gasteiger partial charge is 0.506 e. The average molecular weight is 299 g/mol. The van der Waals surface area contributed by atoms with Crippen LogP contribution < -0.4 is 0 Å². The molecule has 5 nitrogen and oxygen atoms in total. The fourth-order valence-corrected chi connectivity index (χ4v) is 2.97. The maximum Gasteiger partial charge on any atom is 0.138 e. The normalized spacial score (nSPS) is 21.4. The molecule has 1 saturated heterocycles. The van der Waals surface area contributed by atoms with Crippen molar-refractivity contribution in [2.24, 2.45) is 0 Å². The molecular weight excluding hydrogens is 278 g/mol. The molecule has 1 fully saturated rings. The minimum atomic E-state index is 0.0191. The number of aromatic hydroxyl groups is 1. The van der Waals surface area contributed by atoms with Gasteiger partial charge in [-0.05, 0) is 38.6 Å². The van der Waals surface area contributed by atoms with Crippen LogP contribution in [-0.4, -0.2) is 39.7 Å². The zero-order valence-corrected chi connectivity index (χ0v) is 12.9. The average Bonchev–Trinajstić information content (AvgIpc) is 3.01. The molecule has 0 radical (unpaired) electrons. The van der Waals surface area contributed by atoms with Gasteiger partial charge in [-0.15, -0.1) is 0 Å². The van der Waals surface area contributed by atoms with Gasteiger partial charge in [0.2, 0.25) is 0 Å². The Balaban J connectivity index is 1.76. The van der Waals surface area contributed by atoms with Gasteiger partial charge in [-0.1, -0.05) is 6.07 Å². The molecule has 2 aromatic rings. The fourth-order valence-electron chi connectivity index (χ4n) is 2.97. The summed E-state index contributed by atoms with van der Waals surface area (Å²) in [4.78, 5) is 10.8. The Kier molecular flexibility index (Phi) is 4.36. The lowest BCUT2D eigenvalue weighted by Gasteiger charge is -2.28. The van der Waals surface area contributed by atoms with Crippen LogP contribution in [0.15, 0.2) is 36.7 Å². The van der Waals surface area contributed by atoms with E-state index in [1.54, 1.807) is 12.3 Å². The maximum atomic E-state index is 9.98. The number of nitrogens with zero attached hydrogens (tertiary/aromatic N) is 3. The van der Waals surface area contributed by atoms with E-state index in [-0.39, 0.29) is 17.9 Å². The summed E-state index contributed by atoms with van der Waals surface area (Å²) in [5.74, 6) is 0.245. The van der Waals surface area contributed by atoms with Gasteiger partial charge in [0.15, 0.2) is 0 Å². The summed E-state index contributed by atoms with van der Waals surface area (Å²) in [6.07, 6.45) is 4.61. The predicted molar refractivity (Wildman–Crippen MR) is 83.4 cm³/mol. The van der Waals surface area contributed by atoms with E-state index in [1.165, 1.54) is 0 Å². The summed E-state index contributed by atoms with van der Waals surface area (Å²) in [5.41, 5.74) is 2.71. The number of hydrogen-bond acceptors (Lipinski definition) is 5. The second-order valence-electron chi connectivity index (χ2n) is 5.77. The molecule has 1 aliphatic heterocycles. The van der Waals surface area contributed by atoms with Gasteiger partial charge >= 0.3 is 0 Å². The van der Waals surface area contributed by atoms with E-state index in [1.807, 2.05) is 38.4 Å². The van der Waals surface area contributed by atoms with Crippen LogP contribution in [0.1, 0.15) is 29.5 Å². The summed E-state index contributed by atoms with van der Waals surface area (Å²) in [5, 5.41) is 9.98. The Bertz CT molecular complexity index is 633. The highest BCUT2D eigenvalue weighted by molar-refractivity contribution is 5.27. The molecule has 0 amide bonds. The second kappa shape index (κ2) is 6.42. The zero-order valence-electron chi connectivity index (χ0n) is 12.9. The Morgan fingerprint density at radius 2 is 2.23 bits per heavy atom. The van der Waals surface area contributed by atoms with Crippen LogP contribution in [0.5, 0.6) is 5.75 Å². The maximum absolute atomic E-state index is 9.98. The minimum absolute atomic E-state index is 0.0191. The number of hydrogen-bond donors (Lipinski definition) is 1. The van der Waals surface area contributed by atoms with E-state index in [9.17, 15) is 5.11 Å². The topological polar surface area (TPSA) is 58.5 Å². The van der Waals surface area contributed by atoms with Gasteiger partial charge in [-0.3, -0.25) is 14.9 Å². The van der Waals surface area contributed by atoms with Crippen molar-refractivity contribution in [1.82, 2.24) is 14.9 Å². The molecule has 22 heavy (non-hydrogen) atoms. The van der Waals surface area contributed by atoms with Gasteiger partial charge in [0.25, 0.3) is 0 Å². The summed E-state index contributed by atoms with van der Waals surface area (Å²) in [6.45, 7) is 3.26. The van der Waals surface area contributed by atoms with E-state index in [2.05, 4.69) is 14.9 Å². The molecule has 0 unspecified atom stereocenters. The molecule has 2 atom stereocenters. The van der Waals surface area contributed by atoms with Gasteiger partial charge in [-0.2, -0.15) is 0 Å². The van der Waals surface area contributed by atoms with Crippen molar-refractivity contribution < 1.29 is 9.84 Å². The standard InChI is InChI=1S/C17H21N3O2/c1-12-5-6-16(21)14(19-12)11-20(2)15-7-9-22-17(15)13-4-3-8-18-10-13/h3-6,8,10,15,17,21H,7,9,11H2,1-2H3/t15-,17+/m0/s1. The highest BCUT2D eigenvalue weighted by atomic mass is 16.5. The molecule has 116 valence electrons. The highest BCUT2D eigenvalue weighted by Gasteiger charge is 2.33. The van der Waals surface area contributed by atoms with Crippen LogP contribution in [-0.2, 0) is 11.3 Å². The first kappa shape index (κ1) is 14.9. The zero-order chi connectivity index (χ0) is 15.5. The lowest BCUT2D eigenvalue weighted by Crippen LogP contribution is -2.34. The third kappa shape index (κ3) is 3.10. The Morgan fingerprint density at radius 3 is 3.00 bits per heavy atom. The van der Waals surface area contributed by atoms with Gasteiger partial charge in [0.1, 0.15) is 5.75 Å². The van der Waals surface area contributed by atoms with Crippen molar-refractivity contribution in [2.45, 2.75) is 32.0 Å². The second-order valence-corrected chi connectivity index (χ2v) is 5.77. The summed E-state index contributed by atoms with van der Waals surface area (Å²) in [6, 6.07) is 7.75. The molecule has 0 spiro atoms. The van der Waals surface area contributed by atoms with Gasteiger partial charge in [-0.25, -0.2) is 0 Å². The van der Waals surface area contributed by atoms with Crippen LogP contribution in [0.4, 0.5) is 0 Å². The van der Waals surface area contributed by atoms with Gasteiger partial charge < -0.3 is 9.84 Å². The number of likely N-dealkylation sites (N-methyl/N-ethyl adjacent to an activating group) is 1. The van der Waals surface area contributed by atoms with Gasteiger partial charge in [0, 0.05) is 42.8 Å². The highest BCUT2D eigenvalue weighted by Crippen LogP contribution is 2.33. The smallest absolute Gasteiger partial charge is 0.138 e. The molecule has 1 aliphatic rings. The SMILES string of the molecule is Cc1ccc(O)c(CN(C)[C@H]2CCO[C@@H]2c2cccnc2)n1. The number of aromatic nitrogens is 2. The predicted octanol–water partition coefficient (Wildman–Crippen LogP) is 2.45. The molecule has 1 N–H and O–H groups in total. The molecule has 2 aromatic heterocycles. The molecule has 0 aliphatic carbocycles. The van der Waals surface area contributed by atoms with Crippen molar-refractivity contribution in [3.05, 3.63) is 53.6 Å². The van der Waals surface area contributed by atoms with Crippen molar-refractivity contribution in [3.63, 3.8) is 0 Å². The van der Waals surface area contributed by atoms with Crippen molar-refractivity contribution in [3.8, 4) is 5.75 Å². The first-order valence-electron chi connectivity index (χ1n) is 7.52. The third-order valence-electron chi connectivity index (χ3n) is 4.13. The van der Waals surface area contributed by atoms with E-state index in [4.69, 9.17) is 4.74 Å². The van der Waals surface area contributed by atoms with E-state index in [0.29, 0.717) is 12.2 Å². The third-order valence-corrected chi connectivity index (χ3v) is 4.13. The van der Waals surface area contributed by atoms with E-state index >= 15 is 0 Å². The molecule has 0 aromatic carbocycles. The monoisotopic (exact) mass is 299 g/mol. The Hall–Kier alpha value is -1.98. The first-order chi connectivity index (χ1) is 10.6. The van der Waals surface area contributed by atoms with Crippen molar-refractivity contribution in [1.29, 1.82) is 0 Å². The number of pyridine rings is 2. The Morgan fingerprint density at radius 1 is 1.36 bits per heavy atom. The lowest BCUT2D eigenvalue weighted by atomic mass is 10.0. The van der Waals surface area contributed by atoms with Crippen LogP contribution in [0.2, 0.25) is 0 Å². The molecule has 3 heterocycles. The number of aryl methyl sites for hydroxylation is 1. The first-order valence-corrected chi connectivity index (χ1v) is 7.52. The fraction of sp³-hybridized carbons (Fsp3) is 0.412.